The van der Waals surface area contributed by atoms with Crippen molar-refractivity contribution in [3.8, 4) is 5.88 Å². The molecule has 10 nitrogen and oxygen atoms in total. The highest BCUT2D eigenvalue weighted by molar-refractivity contribution is 9.10. The largest absolute Gasteiger partial charge is 0.493 e. The number of nitrogens with zero attached hydrogens (tertiary/aromatic N) is 5. The molecule has 1 saturated carbocycles. The lowest BCUT2D eigenvalue weighted by Gasteiger charge is -2.14. The van der Waals surface area contributed by atoms with E-state index < -0.39 is 5.69 Å². The lowest BCUT2D eigenvalue weighted by atomic mass is 10.1. The number of hydrogen-bond acceptors (Lipinski definition) is 7. The fraction of sp³-hybridized carbons (Fsp3) is 0.250. The van der Waals surface area contributed by atoms with Gasteiger partial charge in [-0.05, 0) is 43.5 Å². The standard InChI is InChI=1S/C20H19BrN8O2/c1-10(11-2-4-13(21)5-3-11)23-18-26-16-12(8-15-17(30)27-20(31)25-15)9-22-29(16)19(28-18)24-14-6-7-14/h2-5,8-10,14,30H,6-7H2,1H3,(H,23,24,28)(H2,25,27,31). The second-order valence-electron chi connectivity index (χ2n) is 7.45. The van der Waals surface area contributed by atoms with Crippen LogP contribution in [-0.2, 0) is 0 Å². The third kappa shape index (κ3) is 4.08. The van der Waals surface area contributed by atoms with Crippen molar-refractivity contribution < 1.29 is 5.11 Å². The smallest absolute Gasteiger partial charge is 0.326 e. The van der Waals surface area contributed by atoms with Crippen LogP contribution in [0.3, 0.4) is 0 Å². The number of imidazole rings is 1. The number of rotatable bonds is 5. The van der Waals surface area contributed by atoms with Crippen molar-refractivity contribution in [3.63, 3.8) is 0 Å². The van der Waals surface area contributed by atoms with Crippen LogP contribution in [0.25, 0.3) is 11.7 Å². The van der Waals surface area contributed by atoms with E-state index in [1.165, 1.54) is 0 Å². The van der Waals surface area contributed by atoms with Gasteiger partial charge in [0.15, 0.2) is 5.65 Å². The van der Waals surface area contributed by atoms with Crippen LogP contribution in [0, 0.1) is 0 Å². The van der Waals surface area contributed by atoms with Gasteiger partial charge in [-0.15, -0.1) is 0 Å². The molecule has 11 heteroatoms. The normalized spacial score (nSPS) is 16.2. The number of aromatic hydroxyl groups is 1. The fourth-order valence-electron chi connectivity index (χ4n) is 3.17. The Balaban J connectivity index is 1.61. The van der Waals surface area contributed by atoms with E-state index >= 15 is 0 Å². The minimum Gasteiger partial charge on any atom is -0.493 e. The van der Waals surface area contributed by atoms with E-state index in [-0.39, 0.29) is 23.7 Å². The van der Waals surface area contributed by atoms with Gasteiger partial charge >= 0.3 is 5.69 Å². The van der Waals surface area contributed by atoms with Crippen molar-refractivity contribution in [2.24, 2.45) is 4.99 Å². The lowest BCUT2D eigenvalue weighted by Crippen LogP contribution is -2.25. The summed E-state index contributed by atoms with van der Waals surface area (Å²) in [6.45, 7) is 2.03. The summed E-state index contributed by atoms with van der Waals surface area (Å²) in [5.41, 5.74) is 1.81. The number of aromatic nitrogens is 6. The monoisotopic (exact) mass is 482 g/mol. The molecule has 0 bridgehead atoms. The zero-order valence-corrected chi connectivity index (χ0v) is 18.1. The van der Waals surface area contributed by atoms with E-state index in [1.807, 2.05) is 31.2 Å². The van der Waals surface area contributed by atoms with Crippen LogP contribution in [0.4, 0.5) is 5.95 Å². The summed E-state index contributed by atoms with van der Waals surface area (Å²) in [5, 5.41) is 18.2. The number of benzene rings is 1. The lowest BCUT2D eigenvalue weighted by molar-refractivity contribution is 0.454. The molecule has 1 atom stereocenters. The average molecular weight is 483 g/mol. The summed E-state index contributed by atoms with van der Waals surface area (Å²) in [7, 11) is 0. The van der Waals surface area contributed by atoms with Crippen molar-refractivity contribution in [3.05, 3.63) is 67.5 Å². The van der Waals surface area contributed by atoms with Gasteiger partial charge in [-0.3, -0.25) is 4.98 Å². The molecule has 0 saturated heterocycles. The molecule has 158 valence electrons. The van der Waals surface area contributed by atoms with Gasteiger partial charge in [-0.2, -0.15) is 19.6 Å². The Morgan fingerprint density at radius 1 is 1.29 bits per heavy atom. The van der Waals surface area contributed by atoms with E-state index in [1.54, 1.807) is 16.8 Å². The maximum atomic E-state index is 11.5. The van der Waals surface area contributed by atoms with Crippen LogP contribution in [0.15, 0.2) is 44.7 Å². The molecule has 1 aromatic carbocycles. The number of nitrogens with one attached hydrogen (secondary N) is 3. The summed E-state index contributed by atoms with van der Waals surface area (Å²) in [5.74, 6) is 0.174. The minimum atomic E-state index is -0.495. The molecule has 3 aromatic heterocycles. The predicted molar refractivity (Wildman–Crippen MR) is 117 cm³/mol. The van der Waals surface area contributed by atoms with E-state index in [0.29, 0.717) is 22.4 Å². The molecule has 0 spiro atoms. The molecule has 1 aliphatic carbocycles. The molecule has 0 radical (unpaired) electrons. The van der Waals surface area contributed by atoms with Gasteiger partial charge in [-0.25, -0.2) is 9.79 Å². The van der Waals surface area contributed by atoms with Crippen molar-refractivity contribution in [1.29, 1.82) is 0 Å². The number of aromatic amines is 2. The van der Waals surface area contributed by atoms with E-state index in [2.05, 4.69) is 51.3 Å². The number of H-pyrrole nitrogens is 2. The first kappa shape index (κ1) is 19.5. The molecule has 0 aliphatic heterocycles. The van der Waals surface area contributed by atoms with Crippen molar-refractivity contribution in [2.75, 3.05) is 5.32 Å². The third-order valence-electron chi connectivity index (χ3n) is 4.97. The van der Waals surface area contributed by atoms with Crippen molar-refractivity contribution in [2.45, 2.75) is 31.8 Å². The summed E-state index contributed by atoms with van der Waals surface area (Å²) >= 11 is 3.45. The predicted octanol–water partition coefficient (Wildman–Crippen LogP) is 1.39. The van der Waals surface area contributed by atoms with Crippen LogP contribution >= 0.6 is 15.9 Å². The molecule has 0 amide bonds. The Hall–Kier alpha value is -3.47. The average Bonchev–Trinajstić information content (AvgIpc) is 3.37. The second kappa shape index (κ2) is 7.65. The van der Waals surface area contributed by atoms with Crippen LogP contribution in [0.5, 0.6) is 5.88 Å². The van der Waals surface area contributed by atoms with Gasteiger partial charge in [-0.1, -0.05) is 28.1 Å². The second-order valence-corrected chi connectivity index (χ2v) is 8.36. The summed E-state index contributed by atoms with van der Waals surface area (Å²) in [6.07, 6.45) is 5.26. The Labute approximate surface area is 183 Å². The molecule has 1 aliphatic rings. The number of anilines is 1. The summed E-state index contributed by atoms with van der Waals surface area (Å²) < 4.78 is 2.58. The Morgan fingerprint density at radius 3 is 2.74 bits per heavy atom. The highest BCUT2D eigenvalue weighted by Crippen LogP contribution is 2.22. The van der Waals surface area contributed by atoms with E-state index in [9.17, 15) is 9.90 Å². The first-order valence-corrected chi connectivity index (χ1v) is 10.6. The quantitative estimate of drug-likeness (QED) is 0.339. The zero-order chi connectivity index (χ0) is 21.5. The van der Waals surface area contributed by atoms with Gasteiger partial charge < -0.3 is 15.4 Å². The molecule has 4 aromatic rings. The SMILES string of the molecule is CC(Nc1nc(=NC2CC2)n2ncc(=Cc3[nH]c(=O)[nH]c3O)c2n1)c1ccc(Br)cc1. The molecule has 5 rings (SSSR count). The summed E-state index contributed by atoms with van der Waals surface area (Å²) in [4.78, 5) is 30.2. The van der Waals surface area contributed by atoms with Crippen LogP contribution < -0.4 is 21.8 Å². The molecule has 3 heterocycles. The number of hydrogen-bond donors (Lipinski definition) is 4. The molecule has 1 fully saturated rings. The van der Waals surface area contributed by atoms with Crippen molar-refractivity contribution >= 4 is 33.6 Å². The maximum Gasteiger partial charge on any atom is 0.326 e. The fourth-order valence-corrected chi connectivity index (χ4v) is 3.44. The zero-order valence-electron chi connectivity index (χ0n) is 16.5. The van der Waals surface area contributed by atoms with Gasteiger partial charge in [0.2, 0.25) is 11.8 Å². The van der Waals surface area contributed by atoms with Crippen LogP contribution in [-0.4, -0.2) is 40.7 Å². The minimum absolute atomic E-state index is 0.0373. The highest BCUT2D eigenvalue weighted by Gasteiger charge is 2.21. The Kier molecular flexibility index (Phi) is 4.81. The van der Waals surface area contributed by atoms with Crippen LogP contribution in [0.1, 0.15) is 37.1 Å². The molecule has 1 unspecified atom stereocenters. The first-order valence-electron chi connectivity index (χ1n) is 9.81. The van der Waals surface area contributed by atoms with Gasteiger partial charge in [0.1, 0.15) is 5.69 Å². The number of halogens is 1. The molecular formula is C20H19BrN8O2. The molecule has 31 heavy (non-hydrogen) atoms. The third-order valence-corrected chi connectivity index (χ3v) is 5.50. The maximum absolute atomic E-state index is 11.5. The summed E-state index contributed by atoms with van der Waals surface area (Å²) in [6, 6.07) is 8.23. The highest BCUT2D eigenvalue weighted by atomic mass is 79.9. The first-order chi connectivity index (χ1) is 15.0. The van der Waals surface area contributed by atoms with E-state index in [0.717, 1.165) is 22.9 Å². The topological polar surface area (TPSA) is 136 Å². The van der Waals surface area contributed by atoms with Crippen LogP contribution in [0.2, 0.25) is 0 Å². The van der Waals surface area contributed by atoms with Gasteiger partial charge in [0.05, 0.1) is 18.3 Å². The van der Waals surface area contributed by atoms with Gasteiger partial charge in [0, 0.05) is 9.69 Å². The molecular weight excluding hydrogens is 464 g/mol. The Morgan fingerprint density at radius 2 is 2.06 bits per heavy atom. The molecule has 4 N–H and O–H groups in total. The number of fused-ring (bicyclic) bond motifs is 1. The van der Waals surface area contributed by atoms with Crippen molar-refractivity contribution in [1.82, 2.24) is 29.5 Å². The van der Waals surface area contributed by atoms with E-state index in [4.69, 9.17) is 0 Å². The van der Waals surface area contributed by atoms with Gasteiger partial charge in [0.25, 0.3) is 5.62 Å². The Bertz CT molecular complexity index is 1430.